The van der Waals surface area contributed by atoms with Gasteiger partial charge in [0.05, 0.1) is 33.5 Å². The van der Waals surface area contributed by atoms with Gasteiger partial charge in [0, 0.05) is 55.2 Å². The minimum Gasteiger partial charge on any atom is -0.467 e. The summed E-state index contributed by atoms with van der Waals surface area (Å²) in [4.78, 5) is 57.8. The Balaban J connectivity index is 1.10. The van der Waals surface area contributed by atoms with Crippen molar-refractivity contribution in [1.82, 2.24) is 19.9 Å². The maximum Gasteiger partial charge on any atom is 0.328 e. The molecule has 4 heterocycles. The van der Waals surface area contributed by atoms with Crippen LogP contribution in [0, 0.1) is 0 Å². The molecule has 1 atom stereocenters. The number of urea groups is 1. The number of methoxy groups -OCH3 is 1. The number of rotatable bonds is 7. The third kappa shape index (κ3) is 7.13. The topological polar surface area (TPSA) is 151 Å². The van der Waals surface area contributed by atoms with Crippen molar-refractivity contribution >= 4 is 41.2 Å². The second-order valence-electron chi connectivity index (χ2n) is 10.9. The second kappa shape index (κ2) is 13.9. The van der Waals surface area contributed by atoms with Crippen LogP contribution in [-0.4, -0.2) is 110 Å². The molecular weight excluding hydrogens is 580 g/mol. The summed E-state index contributed by atoms with van der Waals surface area (Å²) in [5.74, 6) is 1.12. The molecular formula is C31H36N8O6. The first-order valence-electron chi connectivity index (χ1n) is 15.1. The summed E-state index contributed by atoms with van der Waals surface area (Å²) in [5, 5.41) is 5.61. The number of ether oxygens (including phenoxy) is 3. The molecule has 3 saturated heterocycles. The molecule has 0 unspecified atom stereocenters. The maximum atomic E-state index is 13.0. The van der Waals surface area contributed by atoms with Gasteiger partial charge >= 0.3 is 12.0 Å². The van der Waals surface area contributed by atoms with Gasteiger partial charge in [-0.15, -0.1) is 0 Å². The lowest BCUT2D eigenvalue weighted by Gasteiger charge is -2.30. The lowest BCUT2D eigenvalue weighted by atomic mass is 10.1. The van der Waals surface area contributed by atoms with Crippen molar-refractivity contribution in [1.29, 1.82) is 0 Å². The molecule has 0 bridgehead atoms. The average Bonchev–Trinajstić information content (AvgIpc) is 3.59. The second-order valence-corrected chi connectivity index (χ2v) is 10.9. The highest BCUT2D eigenvalue weighted by Crippen LogP contribution is 2.25. The number of amides is 3. The number of carbonyl (C=O) groups is 3. The van der Waals surface area contributed by atoms with Crippen molar-refractivity contribution in [3.8, 4) is 11.4 Å². The van der Waals surface area contributed by atoms with Crippen molar-refractivity contribution in [2.45, 2.75) is 18.9 Å². The molecule has 0 spiro atoms. The van der Waals surface area contributed by atoms with E-state index in [1.807, 2.05) is 12.1 Å². The van der Waals surface area contributed by atoms with Crippen LogP contribution in [0.1, 0.15) is 23.2 Å². The molecule has 2 aromatic carbocycles. The van der Waals surface area contributed by atoms with Crippen LogP contribution in [0.15, 0.2) is 48.5 Å². The average molecular weight is 617 g/mol. The first kappa shape index (κ1) is 30.2. The fraction of sp³-hybridized carbons (Fsp3) is 0.419. The van der Waals surface area contributed by atoms with Crippen molar-refractivity contribution < 1.29 is 28.6 Å². The highest BCUT2D eigenvalue weighted by molar-refractivity contribution is 6.01. The molecule has 14 heteroatoms. The van der Waals surface area contributed by atoms with E-state index in [1.54, 1.807) is 36.4 Å². The predicted molar refractivity (Wildman–Crippen MR) is 166 cm³/mol. The van der Waals surface area contributed by atoms with E-state index >= 15 is 0 Å². The fourth-order valence-electron chi connectivity index (χ4n) is 5.54. The van der Waals surface area contributed by atoms with E-state index in [0.717, 1.165) is 12.0 Å². The van der Waals surface area contributed by atoms with E-state index < -0.39 is 18.0 Å². The van der Waals surface area contributed by atoms with Gasteiger partial charge in [0.25, 0.3) is 5.91 Å². The maximum absolute atomic E-state index is 13.0. The summed E-state index contributed by atoms with van der Waals surface area (Å²) in [6.45, 7) is 5.80. The molecule has 45 heavy (non-hydrogen) atoms. The number of esters is 1. The van der Waals surface area contributed by atoms with Crippen molar-refractivity contribution in [3.05, 3.63) is 54.1 Å². The number of hydrogen-bond donors (Lipinski definition) is 2. The minimum atomic E-state index is -0.568. The summed E-state index contributed by atoms with van der Waals surface area (Å²) in [5.41, 5.74) is 2.32. The fourth-order valence-corrected chi connectivity index (χ4v) is 5.54. The zero-order valence-electron chi connectivity index (χ0n) is 25.1. The number of nitrogens with zero attached hydrogens (tertiary/aromatic N) is 6. The van der Waals surface area contributed by atoms with E-state index in [-0.39, 0.29) is 5.91 Å². The Morgan fingerprint density at radius 3 is 1.82 bits per heavy atom. The molecule has 236 valence electrons. The van der Waals surface area contributed by atoms with Crippen LogP contribution in [0.2, 0.25) is 0 Å². The van der Waals surface area contributed by atoms with Crippen LogP contribution in [0.5, 0.6) is 0 Å². The van der Waals surface area contributed by atoms with Crippen LogP contribution >= 0.6 is 0 Å². The van der Waals surface area contributed by atoms with Gasteiger partial charge in [0.2, 0.25) is 11.9 Å². The van der Waals surface area contributed by atoms with Gasteiger partial charge in [-0.1, -0.05) is 0 Å². The quantitative estimate of drug-likeness (QED) is 0.377. The molecule has 3 aliphatic heterocycles. The predicted octanol–water partition coefficient (Wildman–Crippen LogP) is 2.63. The summed E-state index contributed by atoms with van der Waals surface area (Å²) in [6, 6.07) is 12.9. The summed E-state index contributed by atoms with van der Waals surface area (Å²) in [6.07, 6.45) is 1.33. The molecule has 3 aliphatic rings. The number of benzene rings is 2. The van der Waals surface area contributed by atoms with E-state index in [1.165, 1.54) is 12.0 Å². The van der Waals surface area contributed by atoms with Gasteiger partial charge in [0.1, 0.15) is 6.04 Å². The minimum absolute atomic E-state index is 0.244. The molecule has 0 aliphatic carbocycles. The molecule has 0 saturated carbocycles. The molecule has 6 rings (SSSR count). The molecule has 0 radical (unpaired) electrons. The highest BCUT2D eigenvalue weighted by atomic mass is 16.5. The molecule has 3 amide bonds. The van der Waals surface area contributed by atoms with E-state index in [2.05, 4.69) is 20.4 Å². The monoisotopic (exact) mass is 616 g/mol. The van der Waals surface area contributed by atoms with Gasteiger partial charge in [-0.25, -0.2) is 9.59 Å². The normalized spacial score (nSPS) is 18.4. The largest absolute Gasteiger partial charge is 0.467 e. The molecule has 14 nitrogen and oxygen atoms in total. The number of anilines is 4. The first-order chi connectivity index (χ1) is 22.0. The number of aromatic nitrogens is 3. The number of nitrogens with one attached hydrogen (secondary N) is 2. The summed E-state index contributed by atoms with van der Waals surface area (Å²) >= 11 is 0. The number of morpholine rings is 2. The lowest BCUT2D eigenvalue weighted by molar-refractivity contribution is -0.145. The number of likely N-dealkylation sites (tertiary alicyclic amines) is 1. The molecule has 2 N–H and O–H groups in total. The van der Waals surface area contributed by atoms with Crippen molar-refractivity contribution in [2.75, 3.05) is 86.7 Å². The molecule has 3 aromatic rings. The Bertz CT molecular complexity index is 1470. The smallest absolute Gasteiger partial charge is 0.328 e. The Morgan fingerprint density at radius 1 is 0.756 bits per heavy atom. The van der Waals surface area contributed by atoms with Gasteiger partial charge in [-0.05, 0) is 61.4 Å². The van der Waals surface area contributed by atoms with E-state index in [0.29, 0.717) is 100 Å². The van der Waals surface area contributed by atoms with E-state index in [4.69, 9.17) is 29.2 Å². The molecule has 3 fully saturated rings. The van der Waals surface area contributed by atoms with Crippen LogP contribution in [-0.2, 0) is 19.0 Å². The standard InChI is InChI=1S/C31H36N8O6/c1-43-28(41)25-3-2-12-39(25)27(40)22-6-10-24(11-7-22)33-31(42)32-23-8-4-21(5-9-23)26-34-29(37-13-17-44-18-14-37)36-30(35-26)38-15-19-45-20-16-38/h4-11,25H,2-3,12-20H2,1H3,(H2,32,33,42)/t25-/m0/s1. The van der Waals surface area contributed by atoms with E-state index in [9.17, 15) is 14.4 Å². The SMILES string of the molecule is COC(=O)[C@@H]1CCCN1C(=O)c1ccc(NC(=O)Nc2ccc(-c3nc(N4CCOCC4)nc(N4CCOCC4)n3)cc2)cc1. The first-order valence-corrected chi connectivity index (χ1v) is 15.1. The summed E-state index contributed by atoms with van der Waals surface area (Å²) in [7, 11) is 1.32. The van der Waals surface area contributed by atoms with Crippen LogP contribution < -0.4 is 20.4 Å². The lowest BCUT2D eigenvalue weighted by Crippen LogP contribution is -2.41. The Kier molecular flexibility index (Phi) is 9.31. The van der Waals surface area contributed by atoms with Crippen LogP contribution in [0.3, 0.4) is 0 Å². The Hall–Kier alpha value is -4.82. The van der Waals surface area contributed by atoms with Gasteiger partial charge in [0.15, 0.2) is 5.82 Å². The van der Waals surface area contributed by atoms with Gasteiger partial charge < -0.3 is 39.5 Å². The Labute approximate surface area is 260 Å². The van der Waals surface area contributed by atoms with Gasteiger partial charge in [-0.2, -0.15) is 15.0 Å². The zero-order valence-corrected chi connectivity index (χ0v) is 25.1. The number of carbonyl (C=O) groups excluding carboxylic acids is 3. The Morgan fingerprint density at radius 2 is 1.29 bits per heavy atom. The number of hydrogen-bond acceptors (Lipinski definition) is 11. The van der Waals surface area contributed by atoms with Crippen molar-refractivity contribution in [3.63, 3.8) is 0 Å². The van der Waals surface area contributed by atoms with Crippen LogP contribution in [0.25, 0.3) is 11.4 Å². The molecule has 1 aromatic heterocycles. The van der Waals surface area contributed by atoms with Gasteiger partial charge in [-0.3, -0.25) is 4.79 Å². The third-order valence-electron chi connectivity index (χ3n) is 7.98. The van der Waals surface area contributed by atoms with Crippen molar-refractivity contribution in [2.24, 2.45) is 0 Å². The zero-order chi connectivity index (χ0) is 31.2. The summed E-state index contributed by atoms with van der Waals surface area (Å²) < 4.78 is 15.8. The highest BCUT2D eigenvalue weighted by Gasteiger charge is 2.35. The van der Waals surface area contributed by atoms with Crippen LogP contribution in [0.4, 0.5) is 28.1 Å². The third-order valence-corrected chi connectivity index (χ3v) is 7.98.